The summed E-state index contributed by atoms with van der Waals surface area (Å²) in [6, 6.07) is 5.88. The van der Waals surface area contributed by atoms with Crippen LogP contribution in [-0.2, 0) is 0 Å². The fourth-order valence-electron chi connectivity index (χ4n) is 3.05. The van der Waals surface area contributed by atoms with Crippen molar-refractivity contribution in [1.82, 2.24) is 10.3 Å². The van der Waals surface area contributed by atoms with Crippen molar-refractivity contribution in [1.29, 1.82) is 0 Å². The molecule has 1 fully saturated rings. The van der Waals surface area contributed by atoms with Gasteiger partial charge >= 0.3 is 0 Å². The van der Waals surface area contributed by atoms with Crippen LogP contribution in [-0.4, -0.2) is 41.6 Å². The molecule has 8 N–H and O–H groups in total. The van der Waals surface area contributed by atoms with E-state index in [0.717, 1.165) is 25.3 Å². The van der Waals surface area contributed by atoms with Crippen LogP contribution in [0.25, 0.3) is 11.1 Å². The molecular weight excluding hydrogens is 383 g/mol. The van der Waals surface area contributed by atoms with Gasteiger partial charge in [-0.2, -0.15) is 18.5 Å². The first-order valence-corrected chi connectivity index (χ1v) is 8.74. The van der Waals surface area contributed by atoms with Gasteiger partial charge in [0.15, 0.2) is 5.58 Å². The molecule has 0 radical (unpaired) electrons. The summed E-state index contributed by atoms with van der Waals surface area (Å²) in [7, 11) is 1.50. The third-order valence-electron chi connectivity index (χ3n) is 4.34. The van der Waals surface area contributed by atoms with Gasteiger partial charge in [-0.15, -0.1) is 0 Å². The zero-order valence-electron chi connectivity index (χ0n) is 16.3. The van der Waals surface area contributed by atoms with Gasteiger partial charge in [0, 0.05) is 21.0 Å². The Bertz CT molecular complexity index is 645. The van der Waals surface area contributed by atoms with Gasteiger partial charge in [0.2, 0.25) is 0 Å². The maximum Gasteiger partial charge on any atom is 0.295 e. The molecule has 7 nitrogen and oxygen atoms in total. The number of halogens is 1. The number of aromatic nitrogens is 1. The molecule has 0 bridgehead atoms. The molecule has 28 heavy (non-hydrogen) atoms. The van der Waals surface area contributed by atoms with Crippen molar-refractivity contribution >= 4 is 30.6 Å². The lowest BCUT2D eigenvalue weighted by atomic mass is 9.86. The van der Waals surface area contributed by atoms with Crippen molar-refractivity contribution in [2.24, 2.45) is 11.7 Å². The van der Waals surface area contributed by atoms with Crippen LogP contribution in [0.1, 0.15) is 49.8 Å². The van der Waals surface area contributed by atoms with E-state index in [1.54, 1.807) is 6.07 Å². The first-order chi connectivity index (χ1) is 11.6. The maximum atomic E-state index is 13.2. The molecule has 1 aliphatic rings. The lowest BCUT2D eigenvalue weighted by molar-refractivity contribution is 0.315. The van der Waals surface area contributed by atoms with Gasteiger partial charge in [0.25, 0.3) is 6.01 Å². The van der Waals surface area contributed by atoms with Crippen molar-refractivity contribution in [3.05, 3.63) is 24.0 Å². The Balaban J connectivity index is -0.000000253. The Kier molecular flexibility index (Phi) is 17.4. The van der Waals surface area contributed by atoms with Crippen LogP contribution in [0.15, 0.2) is 22.6 Å². The summed E-state index contributed by atoms with van der Waals surface area (Å²) in [4.78, 5) is 4.37. The van der Waals surface area contributed by atoms with Crippen LogP contribution in [0, 0.1) is 11.7 Å². The SMILES string of the molecule is C.CC(C)NCC1CCC(Nc2nc3ccc(F)cc3o2)CC1.CN.O.O.S.[HH].[HH]. The van der Waals surface area contributed by atoms with Crippen molar-refractivity contribution in [2.75, 3.05) is 18.9 Å². The highest BCUT2D eigenvalue weighted by Crippen LogP contribution is 2.27. The van der Waals surface area contributed by atoms with E-state index in [-0.39, 0.29) is 40.5 Å². The minimum Gasteiger partial charge on any atom is -0.423 e. The molecule has 0 unspecified atom stereocenters. The van der Waals surface area contributed by atoms with Crippen molar-refractivity contribution in [3.63, 3.8) is 0 Å². The van der Waals surface area contributed by atoms with Gasteiger partial charge in [0.05, 0.1) is 0 Å². The highest BCUT2D eigenvalue weighted by molar-refractivity contribution is 7.59. The molecule has 0 atom stereocenters. The zero-order valence-corrected chi connectivity index (χ0v) is 17.3. The Hall–Kier alpha value is -1.39. The van der Waals surface area contributed by atoms with Crippen LogP contribution < -0.4 is 16.4 Å². The third kappa shape index (κ3) is 9.20. The van der Waals surface area contributed by atoms with E-state index in [1.807, 2.05) is 0 Å². The van der Waals surface area contributed by atoms with Crippen molar-refractivity contribution in [3.8, 4) is 0 Å². The second-order valence-electron chi connectivity index (χ2n) is 6.56. The lowest BCUT2D eigenvalue weighted by Crippen LogP contribution is -2.33. The smallest absolute Gasteiger partial charge is 0.295 e. The van der Waals surface area contributed by atoms with Crippen LogP contribution in [0.3, 0.4) is 0 Å². The monoisotopic (exact) mass is 426 g/mol. The maximum absolute atomic E-state index is 13.2. The van der Waals surface area contributed by atoms with E-state index in [0.29, 0.717) is 29.2 Å². The molecule has 1 aromatic carbocycles. The fraction of sp³-hybridized carbons (Fsp3) is 0.632. The Morgan fingerprint density at radius 2 is 1.82 bits per heavy atom. The van der Waals surface area contributed by atoms with Crippen LogP contribution >= 0.6 is 13.5 Å². The Morgan fingerprint density at radius 3 is 2.39 bits per heavy atom. The van der Waals surface area contributed by atoms with E-state index >= 15 is 0 Å². The number of hydrogen-bond acceptors (Lipinski definition) is 5. The average molecular weight is 427 g/mol. The summed E-state index contributed by atoms with van der Waals surface area (Å²) in [6.45, 7) is 5.47. The van der Waals surface area contributed by atoms with Crippen molar-refractivity contribution in [2.45, 2.75) is 59.0 Å². The molecule has 9 heteroatoms. The molecular formula is C19H43FN4O3S. The topological polar surface area (TPSA) is 139 Å². The Labute approximate surface area is 177 Å². The highest BCUT2D eigenvalue weighted by atomic mass is 32.1. The number of nitrogens with two attached hydrogens (primary N) is 1. The predicted molar refractivity (Wildman–Crippen MR) is 125 cm³/mol. The summed E-state index contributed by atoms with van der Waals surface area (Å²) in [5.41, 5.74) is 5.69. The molecule has 1 saturated carbocycles. The van der Waals surface area contributed by atoms with E-state index in [2.05, 4.69) is 35.2 Å². The number of anilines is 1. The van der Waals surface area contributed by atoms with Gasteiger partial charge in [-0.1, -0.05) is 21.3 Å². The zero-order chi connectivity index (χ0) is 17.5. The third-order valence-corrected chi connectivity index (χ3v) is 4.34. The average Bonchev–Trinajstić information content (AvgIpc) is 2.97. The van der Waals surface area contributed by atoms with Crippen LogP contribution in [0.2, 0.25) is 0 Å². The summed E-state index contributed by atoms with van der Waals surface area (Å²) in [6.07, 6.45) is 4.67. The van der Waals surface area contributed by atoms with E-state index < -0.39 is 0 Å². The summed E-state index contributed by atoms with van der Waals surface area (Å²) >= 11 is 0. The Morgan fingerprint density at radius 1 is 1.21 bits per heavy atom. The molecule has 1 aliphatic carbocycles. The molecule has 0 saturated heterocycles. The number of hydrogen-bond donors (Lipinski definition) is 3. The quantitative estimate of drug-likeness (QED) is 0.674. The van der Waals surface area contributed by atoms with E-state index in [1.165, 1.54) is 32.0 Å². The number of rotatable bonds is 5. The normalized spacial score (nSPS) is 17.8. The highest BCUT2D eigenvalue weighted by Gasteiger charge is 2.22. The molecule has 0 aliphatic heterocycles. The van der Waals surface area contributed by atoms with E-state index in [4.69, 9.17) is 4.42 Å². The minimum absolute atomic E-state index is 0. The molecule has 2 aromatic rings. The second-order valence-corrected chi connectivity index (χ2v) is 6.56. The van der Waals surface area contributed by atoms with Gasteiger partial charge < -0.3 is 31.7 Å². The second kappa shape index (κ2) is 15.5. The molecule has 1 aromatic heterocycles. The fourth-order valence-corrected chi connectivity index (χ4v) is 3.05. The standard InChI is InChI=1S/C17H24FN3O.CH5N.CH4.2H2O.H2S.2H2/c1-11(2)19-10-12-3-6-14(7-4-12)20-17-21-15-8-5-13(18)9-16(15)22-17;1-2;;;;;;/h5,8-9,11-12,14,19H,3-4,6-7,10H2,1-2H3,(H,20,21);2H2,1H3;1H4;3*1H2;2*1H. The molecule has 1 heterocycles. The molecule has 3 rings (SSSR count). The van der Waals surface area contributed by atoms with Crippen LogP contribution in [0.5, 0.6) is 0 Å². The van der Waals surface area contributed by atoms with Gasteiger partial charge in [-0.25, -0.2) is 4.39 Å². The molecule has 170 valence electrons. The van der Waals surface area contributed by atoms with Gasteiger partial charge in [0.1, 0.15) is 11.3 Å². The lowest BCUT2D eigenvalue weighted by Gasteiger charge is -2.29. The van der Waals surface area contributed by atoms with E-state index in [9.17, 15) is 4.39 Å². The number of oxazole rings is 1. The number of nitrogens with one attached hydrogen (secondary N) is 2. The molecule has 0 spiro atoms. The first kappa shape index (κ1) is 31.3. The largest absolute Gasteiger partial charge is 0.423 e. The van der Waals surface area contributed by atoms with Gasteiger partial charge in [-0.05, 0) is 57.3 Å². The summed E-state index contributed by atoms with van der Waals surface area (Å²) < 4.78 is 18.7. The summed E-state index contributed by atoms with van der Waals surface area (Å²) in [5.74, 6) is 0.464. The van der Waals surface area contributed by atoms with Gasteiger partial charge in [-0.3, -0.25) is 0 Å². The number of nitrogens with zero attached hydrogens (tertiary/aromatic N) is 1. The van der Waals surface area contributed by atoms with Crippen molar-refractivity contribution < 1.29 is 22.6 Å². The summed E-state index contributed by atoms with van der Waals surface area (Å²) in [5, 5.41) is 6.87. The first-order valence-electron chi connectivity index (χ1n) is 8.74. The number of fused-ring (bicyclic) bond motifs is 1. The molecule has 0 amide bonds. The number of benzene rings is 1. The van der Waals surface area contributed by atoms with Crippen LogP contribution in [0.4, 0.5) is 10.4 Å². The minimum atomic E-state index is -0.298. The predicted octanol–water partition coefficient (Wildman–Crippen LogP) is 3.10.